The van der Waals surface area contributed by atoms with Crippen molar-refractivity contribution in [2.24, 2.45) is 0 Å². The van der Waals surface area contributed by atoms with Crippen molar-refractivity contribution in [1.29, 1.82) is 0 Å². The highest BCUT2D eigenvalue weighted by Crippen LogP contribution is 2.30. The largest absolute Gasteiger partial charge is 0.462 e. The van der Waals surface area contributed by atoms with Crippen molar-refractivity contribution in [2.75, 3.05) is 43.4 Å². The fourth-order valence-corrected chi connectivity index (χ4v) is 2.93. The molecule has 0 unspecified atom stereocenters. The maximum Gasteiger partial charge on any atom is 0.338 e. The van der Waals surface area contributed by atoms with E-state index in [9.17, 15) is 4.79 Å². The molecule has 0 atom stereocenters. The molecule has 2 aliphatic rings. The molecule has 1 aliphatic heterocycles. The van der Waals surface area contributed by atoms with Crippen molar-refractivity contribution in [3.8, 4) is 0 Å². The molecule has 0 amide bonds. The second-order valence-corrected chi connectivity index (χ2v) is 5.75. The highest BCUT2D eigenvalue weighted by atomic mass is 16.5. The lowest BCUT2D eigenvalue weighted by molar-refractivity contribution is 0.0526. The summed E-state index contributed by atoms with van der Waals surface area (Å²) in [5.74, 6) is -0.282. The molecule has 0 aromatic heterocycles. The lowest BCUT2D eigenvalue weighted by Crippen LogP contribution is -2.47. The van der Waals surface area contributed by atoms with Crippen LogP contribution in [0.3, 0.4) is 0 Å². The summed E-state index contributed by atoms with van der Waals surface area (Å²) in [5.41, 5.74) is 8.35. The van der Waals surface area contributed by atoms with E-state index in [0.29, 0.717) is 12.2 Å². The van der Waals surface area contributed by atoms with Crippen molar-refractivity contribution in [2.45, 2.75) is 25.8 Å². The zero-order valence-electron chi connectivity index (χ0n) is 12.5. The minimum Gasteiger partial charge on any atom is -0.462 e. The Morgan fingerprint density at radius 3 is 2.62 bits per heavy atom. The number of nitrogen functional groups attached to an aromatic ring is 1. The number of rotatable bonds is 4. The van der Waals surface area contributed by atoms with Gasteiger partial charge in [-0.1, -0.05) is 0 Å². The van der Waals surface area contributed by atoms with E-state index in [4.69, 9.17) is 10.5 Å². The normalized spacial score (nSPS) is 19.6. The molecular weight excluding hydrogens is 266 g/mol. The van der Waals surface area contributed by atoms with Crippen molar-refractivity contribution < 1.29 is 9.53 Å². The number of ether oxygens (including phenoxy) is 1. The first kappa shape index (κ1) is 14.2. The van der Waals surface area contributed by atoms with Gasteiger partial charge in [0.1, 0.15) is 0 Å². The topological polar surface area (TPSA) is 58.8 Å². The van der Waals surface area contributed by atoms with E-state index in [-0.39, 0.29) is 5.97 Å². The average Bonchev–Trinajstić information content (AvgIpc) is 3.33. The molecule has 0 radical (unpaired) electrons. The Labute approximate surface area is 125 Å². The number of nitrogens with two attached hydrogens (primary N) is 1. The second-order valence-electron chi connectivity index (χ2n) is 5.75. The summed E-state index contributed by atoms with van der Waals surface area (Å²) >= 11 is 0. The van der Waals surface area contributed by atoms with E-state index in [1.807, 2.05) is 13.0 Å². The Bertz CT molecular complexity index is 520. The van der Waals surface area contributed by atoms with Crippen LogP contribution in [0.5, 0.6) is 0 Å². The fraction of sp³-hybridized carbons (Fsp3) is 0.562. The van der Waals surface area contributed by atoms with E-state index in [1.54, 1.807) is 12.1 Å². The molecule has 3 rings (SSSR count). The first-order valence-electron chi connectivity index (χ1n) is 7.74. The zero-order chi connectivity index (χ0) is 14.8. The molecule has 1 aromatic carbocycles. The number of piperazine rings is 1. The number of benzene rings is 1. The van der Waals surface area contributed by atoms with Gasteiger partial charge in [0.15, 0.2) is 0 Å². The molecule has 2 fully saturated rings. The van der Waals surface area contributed by atoms with Crippen LogP contribution in [0.25, 0.3) is 0 Å². The molecule has 1 heterocycles. The van der Waals surface area contributed by atoms with Crippen LogP contribution in [0.1, 0.15) is 30.1 Å². The van der Waals surface area contributed by atoms with E-state index >= 15 is 0 Å². The maximum atomic E-state index is 11.9. The molecule has 1 aromatic rings. The number of esters is 1. The summed E-state index contributed by atoms with van der Waals surface area (Å²) in [6.07, 6.45) is 2.70. The highest BCUT2D eigenvalue weighted by molar-refractivity contribution is 5.92. The summed E-state index contributed by atoms with van der Waals surface area (Å²) in [7, 11) is 0. The molecule has 2 N–H and O–H groups in total. The second kappa shape index (κ2) is 5.93. The van der Waals surface area contributed by atoms with E-state index in [2.05, 4.69) is 9.80 Å². The van der Waals surface area contributed by atoms with Crippen molar-refractivity contribution >= 4 is 17.3 Å². The number of hydrogen-bond donors (Lipinski definition) is 1. The fourth-order valence-electron chi connectivity index (χ4n) is 2.93. The predicted octanol–water partition coefficient (Wildman–Crippen LogP) is 1.73. The summed E-state index contributed by atoms with van der Waals surface area (Å²) < 4.78 is 5.06. The van der Waals surface area contributed by atoms with Crippen LogP contribution in [-0.2, 0) is 4.74 Å². The van der Waals surface area contributed by atoms with E-state index in [1.165, 1.54) is 12.8 Å². The van der Waals surface area contributed by atoms with Crippen molar-refractivity contribution in [1.82, 2.24) is 4.90 Å². The van der Waals surface area contributed by atoms with Crippen molar-refractivity contribution in [3.05, 3.63) is 23.8 Å². The highest BCUT2D eigenvalue weighted by Gasteiger charge is 2.31. The van der Waals surface area contributed by atoms with Crippen LogP contribution in [0.2, 0.25) is 0 Å². The van der Waals surface area contributed by atoms with Crippen LogP contribution in [0.15, 0.2) is 18.2 Å². The Kier molecular flexibility index (Phi) is 4.01. The third-order valence-electron chi connectivity index (χ3n) is 4.26. The van der Waals surface area contributed by atoms with Gasteiger partial charge in [-0.05, 0) is 38.0 Å². The molecular formula is C16H23N3O2. The molecule has 1 saturated carbocycles. The molecule has 1 aliphatic carbocycles. The van der Waals surface area contributed by atoms with Gasteiger partial charge in [-0.3, -0.25) is 4.90 Å². The Morgan fingerprint density at radius 1 is 1.29 bits per heavy atom. The van der Waals surface area contributed by atoms with Gasteiger partial charge in [-0.2, -0.15) is 0 Å². The third-order valence-corrected chi connectivity index (χ3v) is 4.26. The Hall–Kier alpha value is -1.75. The van der Waals surface area contributed by atoms with Gasteiger partial charge in [0.05, 0.1) is 23.5 Å². The lowest BCUT2D eigenvalue weighted by Gasteiger charge is -2.36. The molecule has 114 valence electrons. The summed E-state index contributed by atoms with van der Waals surface area (Å²) in [6.45, 7) is 6.28. The number of hydrogen-bond acceptors (Lipinski definition) is 5. The van der Waals surface area contributed by atoms with Gasteiger partial charge in [0, 0.05) is 32.2 Å². The van der Waals surface area contributed by atoms with Crippen LogP contribution >= 0.6 is 0 Å². The number of nitrogens with zero attached hydrogens (tertiary/aromatic N) is 2. The van der Waals surface area contributed by atoms with Gasteiger partial charge < -0.3 is 15.4 Å². The van der Waals surface area contributed by atoms with Crippen LogP contribution in [-0.4, -0.2) is 49.7 Å². The zero-order valence-corrected chi connectivity index (χ0v) is 12.5. The molecule has 0 spiro atoms. The lowest BCUT2D eigenvalue weighted by atomic mass is 10.1. The third kappa shape index (κ3) is 3.13. The summed E-state index contributed by atoms with van der Waals surface area (Å²) in [6, 6.07) is 6.21. The first-order valence-corrected chi connectivity index (χ1v) is 7.74. The van der Waals surface area contributed by atoms with Crippen LogP contribution < -0.4 is 10.6 Å². The van der Waals surface area contributed by atoms with Gasteiger partial charge in [0.2, 0.25) is 0 Å². The predicted molar refractivity (Wildman–Crippen MR) is 83.6 cm³/mol. The SMILES string of the molecule is CCOC(=O)c1ccc(N)c(N2CCN(C3CC3)CC2)c1. The molecule has 5 nitrogen and oxygen atoms in total. The van der Waals surface area contributed by atoms with E-state index < -0.39 is 0 Å². The minimum atomic E-state index is -0.282. The standard InChI is InChI=1S/C16H23N3O2/c1-2-21-16(20)12-3-6-14(17)15(11-12)19-9-7-18(8-10-19)13-4-5-13/h3,6,11,13H,2,4-5,7-10,17H2,1H3. The van der Waals surface area contributed by atoms with Crippen molar-refractivity contribution in [3.63, 3.8) is 0 Å². The number of carbonyl (C=O) groups excluding carboxylic acids is 1. The molecule has 1 saturated heterocycles. The number of carbonyl (C=O) groups is 1. The minimum absolute atomic E-state index is 0.282. The summed E-state index contributed by atoms with van der Waals surface area (Å²) in [5, 5.41) is 0. The molecule has 21 heavy (non-hydrogen) atoms. The molecule has 5 heteroatoms. The first-order chi connectivity index (χ1) is 10.2. The molecule has 0 bridgehead atoms. The average molecular weight is 289 g/mol. The van der Waals surface area contributed by atoms with Gasteiger partial charge in [-0.25, -0.2) is 4.79 Å². The van der Waals surface area contributed by atoms with Crippen LogP contribution in [0, 0.1) is 0 Å². The van der Waals surface area contributed by atoms with E-state index in [0.717, 1.165) is 43.6 Å². The summed E-state index contributed by atoms with van der Waals surface area (Å²) in [4.78, 5) is 16.7. The monoisotopic (exact) mass is 289 g/mol. The Morgan fingerprint density at radius 2 is 2.00 bits per heavy atom. The smallest absolute Gasteiger partial charge is 0.338 e. The maximum absolute atomic E-state index is 11.9. The van der Waals surface area contributed by atoms with Crippen LogP contribution in [0.4, 0.5) is 11.4 Å². The quantitative estimate of drug-likeness (QED) is 0.676. The Balaban J connectivity index is 1.71. The van der Waals surface area contributed by atoms with Gasteiger partial charge in [-0.15, -0.1) is 0 Å². The van der Waals surface area contributed by atoms with Gasteiger partial charge >= 0.3 is 5.97 Å². The van der Waals surface area contributed by atoms with Gasteiger partial charge in [0.25, 0.3) is 0 Å². The number of anilines is 2.